The Labute approximate surface area is 877 Å². The molecule has 29 aromatic rings. The third kappa shape index (κ3) is 16.0. The van der Waals surface area contributed by atoms with Crippen LogP contribution in [-0.2, 0) is 0 Å². The minimum atomic E-state index is 0.528. The van der Waals surface area contributed by atoms with Gasteiger partial charge in [-0.15, -0.1) is 45.3 Å². The summed E-state index contributed by atoms with van der Waals surface area (Å²) >= 11 is 6.81. The van der Waals surface area contributed by atoms with E-state index in [0.29, 0.717) is 22.9 Å². The van der Waals surface area contributed by atoms with Gasteiger partial charge in [-0.2, -0.15) is 0 Å². The second-order valence-electron chi connectivity index (χ2n) is 37.4. The number of oxazole rings is 2. The number of hydrogen-bond acceptors (Lipinski definition) is 15. The summed E-state index contributed by atoms with van der Waals surface area (Å²) in [5.41, 5.74) is 37.2. The van der Waals surface area contributed by atoms with Crippen LogP contribution in [0.4, 0.5) is 51.2 Å². The van der Waals surface area contributed by atoms with Gasteiger partial charge in [0.25, 0.3) is 0 Å². The summed E-state index contributed by atoms with van der Waals surface area (Å²) in [7, 11) is 0. The average molecular weight is 2000 g/mol. The van der Waals surface area contributed by atoms with E-state index in [2.05, 4.69) is 514 Å². The molecule has 0 aliphatic carbocycles. The van der Waals surface area contributed by atoms with Gasteiger partial charge in [0.1, 0.15) is 31.1 Å². The molecule has 14 nitrogen and oxygen atoms in total. The zero-order chi connectivity index (χ0) is 98.8. The van der Waals surface area contributed by atoms with Crippen LogP contribution in [0, 0.1) is 0 Å². The monoisotopic (exact) mass is 1990 g/mol. The number of thiazole rings is 4. The van der Waals surface area contributed by atoms with Crippen LogP contribution in [0.3, 0.4) is 0 Å². The second-order valence-corrected chi connectivity index (χ2v) is 41.6. The van der Waals surface area contributed by atoms with Gasteiger partial charge < -0.3 is 37.2 Å². The van der Waals surface area contributed by atoms with Gasteiger partial charge in [0, 0.05) is 119 Å². The molecule has 150 heavy (non-hydrogen) atoms. The molecule has 0 fully saturated rings. The molecule has 29 rings (SSSR count). The van der Waals surface area contributed by atoms with Crippen molar-refractivity contribution in [1.29, 1.82) is 0 Å². The molecule has 0 spiro atoms. The van der Waals surface area contributed by atoms with E-state index in [9.17, 15) is 0 Å². The summed E-state index contributed by atoms with van der Waals surface area (Å²) in [5, 5.41) is 7.44. The van der Waals surface area contributed by atoms with Crippen LogP contribution in [0.25, 0.3) is 223 Å². The fourth-order valence-corrected chi connectivity index (χ4v) is 24.8. The van der Waals surface area contributed by atoms with Gasteiger partial charge in [-0.25, -0.2) is 29.9 Å². The van der Waals surface area contributed by atoms with Gasteiger partial charge in [-0.1, -0.05) is 164 Å². The Hall–Kier alpha value is -19.1. The number of anilines is 9. The molecule has 0 saturated heterocycles. The van der Waals surface area contributed by atoms with Crippen molar-refractivity contribution in [3.05, 3.63) is 498 Å². The first-order chi connectivity index (χ1) is 74.2. The lowest BCUT2D eigenvalue weighted by Gasteiger charge is -2.26. The average Bonchev–Trinajstić information content (AvgIpc) is 1.59. The number of rotatable bonds is 22. The molecular weight excluding hydrogens is 1910 g/mol. The molecule has 18 heteroatoms. The molecule has 0 aliphatic heterocycles. The Morgan fingerprint density at radius 1 is 0.187 bits per heavy atom. The molecule has 0 saturated carbocycles. The minimum Gasteiger partial charge on any atom is -0.436 e. The van der Waals surface area contributed by atoms with E-state index in [1.807, 2.05) is 12.1 Å². The first-order valence-corrected chi connectivity index (χ1v) is 53.0. The third-order valence-corrected chi connectivity index (χ3v) is 32.6. The zero-order valence-corrected chi connectivity index (χ0v) is 83.4. The molecule has 20 aromatic carbocycles. The standard InChI is InChI=1S/C132H82N12O2S4/c1-3-20-99(21-4-1)143-117-27-13-8-18-96(117)77-119(143)84-31-51-101(52-32-84)140(104-57-37-87(38-58-104)128-134-111-72-48-93(80-122(111)146-128)95-50-74-115-126(82-95)150-132(138-115)91-45-65-108(66-46-91)142(107-61-41-89(42-62-107)130-136-113-25-11-16-30-124(113)148-130)109-69-67-98(68-70-109)139-76-75-83-17-7-12-26-116(83)139)103-55-35-86(36-56-103)127-133-110-71-47-92(79-121(110)145-127)94-49-73-114-125(81-94)149-131(137-114)90-43-63-106(64-44-90)141(105-59-39-88(40-60-105)129-135-112-24-10-15-29-123(112)147-129)102-53-33-85(34-54-102)120-78-97-19-9-14-28-118(97)144(120)100-22-5-2-6-23-100/h1-82H. The molecule has 0 bridgehead atoms. The number of nitrogens with zero attached hydrogens (tertiary/aromatic N) is 12. The van der Waals surface area contributed by atoms with Crippen molar-refractivity contribution >= 4 is 192 Å². The van der Waals surface area contributed by atoms with Gasteiger partial charge in [0.2, 0.25) is 11.8 Å². The van der Waals surface area contributed by atoms with Crippen molar-refractivity contribution in [3.63, 3.8) is 0 Å². The predicted octanol–water partition coefficient (Wildman–Crippen LogP) is 37.3. The normalized spacial score (nSPS) is 11.7. The molecule has 0 aliphatic rings. The van der Waals surface area contributed by atoms with E-state index in [-0.39, 0.29) is 0 Å². The Morgan fingerprint density at radius 3 is 0.833 bits per heavy atom. The van der Waals surface area contributed by atoms with E-state index in [1.165, 1.54) is 31.1 Å². The summed E-state index contributed by atoms with van der Waals surface area (Å²) in [4.78, 5) is 37.6. The quantitative estimate of drug-likeness (QED) is 0.0643. The largest absolute Gasteiger partial charge is 0.436 e. The lowest BCUT2D eigenvalue weighted by Crippen LogP contribution is -2.10. The Bertz CT molecular complexity index is 10100. The molecule has 706 valence electrons. The van der Waals surface area contributed by atoms with Gasteiger partial charge >= 0.3 is 0 Å². The van der Waals surface area contributed by atoms with Crippen molar-refractivity contribution in [2.45, 2.75) is 0 Å². The highest BCUT2D eigenvalue weighted by Crippen LogP contribution is 2.48. The predicted molar refractivity (Wildman–Crippen MR) is 623 cm³/mol. The van der Waals surface area contributed by atoms with E-state index < -0.39 is 0 Å². The lowest BCUT2D eigenvalue weighted by molar-refractivity contribution is 0.619. The molecule has 0 radical (unpaired) electrons. The lowest BCUT2D eigenvalue weighted by atomic mass is 10.1. The van der Waals surface area contributed by atoms with Crippen LogP contribution in [-0.4, -0.2) is 43.6 Å². The highest BCUT2D eigenvalue weighted by Gasteiger charge is 2.26. The second kappa shape index (κ2) is 36.6. The Morgan fingerprint density at radius 2 is 0.467 bits per heavy atom. The highest BCUT2D eigenvalue weighted by atomic mass is 32.1. The van der Waals surface area contributed by atoms with Crippen LogP contribution >= 0.6 is 45.3 Å². The van der Waals surface area contributed by atoms with Crippen LogP contribution in [0.5, 0.6) is 0 Å². The topological polar surface area (TPSA) is 128 Å². The van der Waals surface area contributed by atoms with Crippen molar-refractivity contribution in [2.75, 3.05) is 14.7 Å². The summed E-state index contributed by atoms with van der Waals surface area (Å²) < 4.78 is 25.0. The van der Waals surface area contributed by atoms with Gasteiger partial charge in [0.15, 0.2) is 11.2 Å². The molecular formula is C132H82N12O2S4. The van der Waals surface area contributed by atoms with Crippen molar-refractivity contribution in [1.82, 2.24) is 43.6 Å². The molecule has 9 aromatic heterocycles. The SMILES string of the molecule is c1ccc(-n2c(-c3ccc(N(c4ccc(-c5nc6ccc(-c7ccc8nc(-c9ccc(N(c%10ccc(-c%11nc%12ccccc%12s%11)cc%10)c%10ccc(-c%11cc%12ccccc%12n%11-c%11ccccc%11)cc%10)cc9)sc8c7)cc6o5)cc4)c4ccc(-c5nc6ccc(-c7ccc8nc(-c9ccc(N(c%10ccc(-c%11nc%12ccccc%12s%11)cc%10)c%10ccc(-n%11ccc%12ccccc%12%11)cc%10)cc9)sc8c7)cc6o5)cc4)cc3)cc3ccccc32)cc1. The van der Waals surface area contributed by atoms with E-state index >= 15 is 0 Å². The third-order valence-electron chi connectivity index (χ3n) is 28.3. The molecule has 9 heterocycles. The van der Waals surface area contributed by atoms with Crippen LogP contribution < -0.4 is 14.7 Å². The molecule has 0 N–H and O–H groups in total. The van der Waals surface area contributed by atoms with Crippen molar-refractivity contribution in [2.24, 2.45) is 0 Å². The first kappa shape index (κ1) is 87.5. The molecule has 0 unspecified atom stereocenters. The van der Waals surface area contributed by atoms with Gasteiger partial charge in [0.05, 0.1) is 68.8 Å². The fraction of sp³-hybridized carbons (Fsp3) is 0. The maximum Gasteiger partial charge on any atom is 0.227 e. The van der Waals surface area contributed by atoms with E-state index in [1.54, 1.807) is 45.3 Å². The first-order valence-electron chi connectivity index (χ1n) is 49.8. The number of aromatic nitrogens is 9. The van der Waals surface area contributed by atoms with E-state index in [4.69, 9.17) is 38.7 Å². The number of hydrogen-bond donors (Lipinski definition) is 0. The van der Waals surface area contributed by atoms with E-state index in [0.717, 1.165) is 220 Å². The number of benzene rings is 20. The molecule has 0 amide bonds. The summed E-state index contributed by atoms with van der Waals surface area (Å²) in [6.45, 7) is 0. The van der Waals surface area contributed by atoms with Crippen LogP contribution in [0.15, 0.2) is 506 Å². The fourth-order valence-electron chi connectivity index (χ4n) is 20.8. The maximum absolute atomic E-state index is 6.75. The highest BCUT2D eigenvalue weighted by molar-refractivity contribution is 7.22. The Kier molecular flexibility index (Phi) is 21.3. The summed E-state index contributed by atoms with van der Waals surface area (Å²) in [6, 6.07) is 175. The minimum absolute atomic E-state index is 0.528. The summed E-state index contributed by atoms with van der Waals surface area (Å²) in [5.74, 6) is 1.06. The van der Waals surface area contributed by atoms with Crippen molar-refractivity contribution < 1.29 is 8.83 Å². The smallest absolute Gasteiger partial charge is 0.227 e. The van der Waals surface area contributed by atoms with Gasteiger partial charge in [-0.3, -0.25) is 0 Å². The molecule has 0 atom stereocenters. The van der Waals surface area contributed by atoms with Gasteiger partial charge in [-0.05, 0) is 366 Å². The number of para-hydroxylation sites is 7. The zero-order valence-electron chi connectivity index (χ0n) is 80.2. The summed E-state index contributed by atoms with van der Waals surface area (Å²) in [6.07, 6.45) is 2.14. The maximum atomic E-state index is 6.75. The van der Waals surface area contributed by atoms with Crippen molar-refractivity contribution in [3.8, 4) is 127 Å². The van der Waals surface area contributed by atoms with Crippen LogP contribution in [0.2, 0.25) is 0 Å². The van der Waals surface area contributed by atoms with Crippen LogP contribution in [0.1, 0.15) is 0 Å². The number of fused-ring (bicyclic) bond motifs is 9. The Balaban J connectivity index is 0.430.